The number of carbonyl (C=O) groups excluding carboxylic acids is 2. The summed E-state index contributed by atoms with van der Waals surface area (Å²) in [5.74, 6) is -0.413. The molecule has 23 heavy (non-hydrogen) atoms. The summed E-state index contributed by atoms with van der Waals surface area (Å²) in [5, 5.41) is 3.15. The molecule has 1 aromatic rings. The normalized spacial score (nSPS) is 16.3. The summed E-state index contributed by atoms with van der Waals surface area (Å²) in [6, 6.07) is 7.52. The van der Waals surface area contributed by atoms with Crippen LogP contribution in [0.2, 0.25) is 0 Å². The number of nitrogens with one attached hydrogen (secondary N) is 1. The van der Waals surface area contributed by atoms with Gasteiger partial charge in [-0.15, -0.1) is 0 Å². The molecule has 2 amide bonds. The Hall–Kier alpha value is -2.14. The molecule has 5 heteroatoms. The highest BCUT2D eigenvalue weighted by Gasteiger charge is 2.22. The molecule has 124 valence electrons. The van der Waals surface area contributed by atoms with E-state index in [1.54, 1.807) is 17.9 Å². The Morgan fingerprint density at radius 2 is 2.13 bits per heavy atom. The zero-order chi connectivity index (χ0) is 16.8. The van der Waals surface area contributed by atoms with Gasteiger partial charge in [0.1, 0.15) is 0 Å². The van der Waals surface area contributed by atoms with Gasteiger partial charge in [-0.1, -0.05) is 37.6 Å². The van der Waals surface area contributed by atoms with Gasteiger partial charge in [0.2, 0.25) is 5.91 Å². The topological polar surface area (TPSA) is 75.4 Å². The predicted molar refractivity (Wildman–Crippen MR) is 92.1 cm³/mol. The molecule has 1 heterocycles. The first kappa shape index (κ1) is 17.2. The van der Waals surface area contributed by atoms with Crippen molar-refractivity contribution in [2.75, 3.05) is 11.4 Å². The lowest BCUT2D eigenvalue weighted by Gasteiger charge is -2.19. The number of nitrogens with two attached hydrogens (primary N) is 1. The van der Waals surface area contributed by atoms with Crippen LogP contribution in [0.15, 0.2) is 36.4 Å². The van der Waals surface area contributed by atoms with Crippen molar-refractivity contribution >= 4 is 17.5 Å². The fourth-order valence-corrected chi connectivity index (χ4v) is 2.80. The molecule has 1 aromatic carbocycles. The monoisotopic (exact) mass is 315 g/mol. The molecule has 1 aliphatic rings. The molecule has 0 unspecified atom stereocenters. The van der Waals surface area contributed by atoms with Crippen molar-refractivity contribution < 1.29 is 9.59 Å². The second kappa shape index (κ2) is 7.92. The van der Waals surface area contributed by atoms with E-state index in [9.17, 15) is 9.59 Å². The molecule has 5 nitrogen and oxygen atoms in total. The van der Waals surface area contributed by atoms with Gasteiger partial charge in [-0.05, 0) is 31.4 Å². The van der Waals surface area contributed by atoms with Gasteiger partial charge in [0.15, 0.2) is 0 Å². The fourth-order valence-electron chi connectivity index (χ4n) is 2.80. The van der Waals surface area contributed by atoms with Gasteiger partial charge < -0.3 is 10.6 Å². The van der Waals surface area contributed by atoms with Gasteiger partial charge in [-0.3, -0.25) is 14.9 Å². The van der Waals surface area contributed by atoms with E-state index in [0.717, 1.165) is 24.9 Å². The molecule has 0 saturated carbocycles. The van der Waals surface area contributed by atoms with Crippen LogP contribution in [-0.2, 0) is 16.0 Å². The predicted octanol–water partition coefficient (Wildman–Crippen LogP) is 1.76. The molecule has 0 aliphatic carbocycles. The number of hydrogen-bond acceptors (Lipinski definition) is 3. The third kappa shape index (κ3) is 4.42. The molecule has 0 saturated heterocycles. The summed E-state index contributed by atoms with van der Waals surface area (Å²) < 4.78 is 0. The Morgan fingerprint density at radius 3 is 2.83 bits per heavy atom. The number of primary amides is 1. The van der Waals surface area contributed by atoms with Crippen LogP contribution in [0, 0.1) is 0 Å². The minimum Gasteiger partial charge on any atom is -0.368 e. The van der Waals surface area contributed by atoms with E-state index in [1.165, 1.54) is 5.56 Å². The van der Waals surface area contributed by atoms with Crippen LogP contribution >= 0.6 is 0 Å². The number of rotatable bonds is 7. The maximum atomic E-state index is 12.5. The van der Waals surface area contributed by atoms with Crippen molar-refractivity contribution in [3.05, 3.63) is 42.0 Å². The summed E-state index contributed by atoms with van der Waals surface area (Å²) in [4.78, 5) is 25.4. The Kier molecular flexibility index (Phi) is 5.93. The fraction of sp³-hybridized carbons (Fsp3) is 0.444. The number of anilines is 1. The van der Waals surface area contributed by atoms with Crippen LogP contribution in [0.3, 0.4) is 0 Å². The lowest BCUT2D eigenvalue weighted by molar-refractivity contribution is -0.119. The smallest absolute Gasteiger partial charge is 0.250 e. The summed E-state index contributed by atoms with van der Waals surface area (Å²) in [7, 11) is 0. The van der Waals surface area contributed by atoms with E-state index in [4.69, 9.17) is 5.73 Å². The molecule has 2 rings (SSSR count). The third-order valence-electron chi connectivity index (χ3n) is 4.11. The first-order valence-electron chi connectivity index (χ1n) is 8.16. The first-order valence-corrected chi connectivity index (χ1v) is 8.16. The number of amides is 2. The van der Waals surface area contributed by atoms with Crippen molar-refractivity contribution in [3.8, 4) is 0 Å². The van der Waals surface area contributed by atoms with Crippen LogP contribution in [-0.4, -0.2) is 30.4 Å². The van der Waals surface area contributed by atoms with E-state index >= 15 is 0 Å². The average Bonchev–Trinajstić information content (AvgIpc) is 2.96. The SMILES string of the molecule is CCC[C@@H](/C=C/C(=O)N1CCc2ccccc21)N[C@@H](C)C(N)=O. The van der Waals surface area contributed by atoms with Gasteiger partial charge >= 0.3 is 0 Å². The molecular formula is C18H25N3O2. The Bertz CT molecular complexity index is 598. The lowest BCUT2D eigenvalue weighted by Crippen LogP contribution is -2.43. The van der Waals surface area contributed by atoms with Gasteiger partial charge in [-0.25, -0.2) is 0 Å². The highest BCUT2D eigenvalue weighted by molar-refractivity contribution is 6.02. The molecule has 3 N–H and O–H groups in total. The van der Waals surface area contributed by atoms with Gasteiger partial charge in [0.25, 0.3) is 5.91 Å². The number of hydrogen-bond donors (Lipinski definition) is 2. The summed E-state index contributed by atoms with van der Waals surface area (Å²) >= 11 is 0. The van der Waals surface area contributed by atoms with Crippen LogP contribution < -0.4 is 16.0 Å². The molecule has 0 aromatic heterocycles. The summed E-state index contributed by atoms with van der Waals surface area (Å²) in [5.41, 5.74) is 7.49. The molecule has 0 bridgehead atoms. The molecular weight excluding hydrogens is 290 g/mol. The van der Waals surface area contributed by atoms with Crippen molar-refractivity contribution in [2.45, 2.75) is 45.2 Å². The second-order valence-electron chi connectivity index (χ2n) is 5.91. The van der Waals surface area contributed by atoms with Crippen molar-refractivity contribution in [3.63, 3.8) is 0 Å². The maximum Gasteiger partial charge on any atom is 0.250 e. The minimum atomic E-state index is -0.418. The quantitative estimate of drug-likeness (QED) is 0.753. The molecule has 0 fully saturated rings. The van der Waals surface area contributed by atoms with Gasteiger partial charge in [0.05, 0.1) is 6.04 Å². The first-order chi connectivity index (χ1) is 11.0. The van der Waals surface area contributed by atoms with E-state index in [1.807, 2.05) is 24.3 Å². The second-order valence-corrected chi connectivity index (χ2v) is 5.91. The van der Waals surface area contributed by atoms with Crippen LogP contribution in [0.25, 0.3) is 0 Å². The Labute approximate surface area is 137 Å². The summed E-state index contributed by atoms with van der Waals surface area (Å²) in [6.45, 7) is 4.51. The van der Waals surface area contributed by atoms with Crippen molar-refractivity contribution in [1.82, 2.24) is 5.32 Å². The number of nitrogens with zero attached hydrogens (tertiary/aromatic N) is 1. The number of para-hydroxylation sites is 1. The average molecular weight is 315 g/mol. The van der Waals surface area contributed by atoms with Gasteiger partial charge in [0, 0.05) is 24.4 Å². The lowest BCUT2D eigenvalue weighted by atomic mass is 10.1. The van der Waals surface area contributed by atoms with E-state index < -0.39 is 6.04 Å². The standard InChI is InChI=1S/C18H25N3O2/c1-3-6-15(20-13(2)18(19)23)9-10-17(22)21-12-11-14-7-4-5-8-16(14)21/h4-5,7-10,13,15,20H,3,6,11-12H2,1-2H3,(H2,19,23)/b10-9+/t13-,15-/m0/s1. The van der Waals surface area contributed by atoms with E-state index in [0.29, 0.717) is 6.54 Å². The molecule has 0 spiro atoms. The van der Waals surface area contributed by atoms with Crippen LogP contribution in [0.4, 0.5) is 5.69 Å². The highest BCUT2D eigenvalue weighted by atomic mass is 16.2. The Balaban J connectivity index is 2.02. The van der Waals surface area contributed by atoms with Gasteiger partial charge in [-0.2, -0.15) is 0 Å². The maximum absolute atomic E-state index is 12.5. The van der Waals surface area contributed by atoms with E-state index in [-0.39, 0.29) is 17.9 Å². The van der Waals surface area contributed by atoms with Crippen LogP contribution in [0.5, 0.6) is 0 Å². The zero-order valence-electron chi connectivity index (χ0n) is 13.8. The zero-order valence-corrected chi connectivity index (χ0v) is 13.8. The number of benzene rings is 1. The summed E-state index contributed by atoms with van der Waals surface area (Å²) in [6.07, 6.45) is 6.13. The number of fused-ring (bicyclic) bond motifs is 1. The molecule has 0 radical (unpaired) electrons. The molecule has 1 aliphatic heterocycles. The Morgan fingerprint density at radius 1 is 1.39 bits per heavy atom. The van der Waals surface area contributed by atoms with Crippen LogP contribution in [0.1, 0.15) is 32.3 Å². The highest BCUT2D eigenvalue weighted by Crippen LogP contribution is 2.27. The third-order valence-corrected chi connectivity index (χ3v) is 4.11. The van der Waals surface area contributed by atoms with E-state index in [2.05, 4.69) is 18.3 Å². The van der Waals surface area contributed by atoms with Crippen molar-refractivity contribution in [1.29, 1.82) is 0 Å². The minimum absolute atomic E-state index is 0.0235. The van der Waals surface area contributed by atoms with Crippen molar-refractivity contribution in [2.24, 2.45) is 5.73 Å². The molecule has 2 atom stereocenters. The largest absolute Gasteiger partial charge is 0.368 e. The number of carbonyl (C=O) groups is 2.